The van der Waals surface area contributed by atoms with Crippen molar-refractivity contribution in [2.24, 2.45) is 11.3 Å². The van der Waals surface area contributed by atoms with E-state index in [9.17, 15) is 0 Å². The summed E-state index contributed by atoms with van der Waals surface area (Å²) < 4.78 is 0. The fourth-order valence-corrected chi connectivity index (χ4v) is 3.56. The summed E-state index contributed by atoms with van der Waals surface area (Å²) in [6.45, 7) is 0. The van der Waals surface area contributed by atoms with Gasteiger partial charge in [0.05, 0.1) is 5.41 Å². The van der Waals surface area contributed by atoms with Crippen LogP contribution in [-0.2, 0) is 6.42 Å². The average molecular weight is 212 g/mol. The molecule has 0 saturated heterocycles. The molecule has 0 aliphatic heterocycles. The Morgan fingerprint density at radius 2 is 2.12 bits per heavy atom. The molecule has 2 nitrogen and oxygen atoms in total. The summed E-state index contributed by atoms with van der Waals surface area (Å²) in [7, 11) is 0. The topological polar surface area (TPSA) is 36.4 Å². The van der Waals surface area contributed by atoms with Gasteiger partial charge in [-0.05, 0) is 37.2 Å². The van der Waals surface area contributed by atoms with E-state index in [-0.39, 0.29) is 5.41 Å². The van der Waals surface area contributed by atoms with E-state index in [2.05, 4.69) is 29.1 Å². The lowest BCUT2D eigenvalue weighted by atomic mass is 9.77. The normalized spacial score (nSPS) is 31.8. The molecule has 2 aliphatic rings. The van der Waals surface area contributed by atoms with Crippen LogP contribution in [0.1, 0.15) is 31.2 Å². The van der Waals surface area contributed by atoms with Gasteiger partial charge in [0.15, 0.2) is 0 Å². The fraction of sp³-hybridized carbons (Fsp3) is 0.500. The van der Waals surface area contributed by atoms with Gasteiger partial charge < -0.3 is 5.53 Å². The van der Waals surface area contributed by atoms with E-state index in [0.717, 1.165) is 24.5 Å². The van der Waals surface area contributed by atoms with Crippen LogP contribution >= 0.6 is 0 Å². The Kier molecular flexibility index (Phi) is 2.19. The fourth-order valence-electron chi connectivity index (χ4n) is 3.56. The second kappa shape index (κ2) is 3.57. The highest BCUT2D eigenvalue weighted by Gasteiger charge is 2.54. The summed E-state index contributed by atoms with van der Waals surface area (Å²) in [6.07, 6.45) is 5.80. The molecule has 2 heteroatoms. The van der Waals surface area contributed by atoms with E-state index >= 15 is 0 Å². The van der Waals surface area contributed by atoms with Crippen LogP contribution in [0.4, 0.5) is 0 Å². The average Bonchev–Trinajstić information content (AvgIpc) is 2.87. The third-order valence-corrected chi connectivity index (χ3v) is 4.31. The maximum Gasteiger partial charge on any atom is 0.275 e. The van der Waals surface area contributed by atoms with Crippen molar-refractivity contribution in [2.45, 2.75) is 32.1 Å². The lowest BCUT2D eigenvalue weighted by Crippen LogP contribution is -2.28. The Hall–Kier alpha value is -1.40. The summed E-state index contributed by atoms with van der Waals surface area (Å²) in [4.78, 5) is 3.56. The molecule has 3 rings (SSSR count). The maximum absolute atomic E-state index is 9.12. The molecule has 16 heavy (non-hydrogen) atoms. The summed E-state index contributed by atoms with van der Waals surface area (Å²) in [5.74, 6) is 0.773. The first-order valence-corrected chi connectivity index (χ1v) is 6.08. The summed E-state index contributed by atoms with van der Waals surface area (Å²) in [5, 5.41) is 0. The van der Waals surface area contributed by atoms with Crippen molar-refractivity contribution in [2.75, 3.05) is 0 Å². The van der Waals surface area contributed by atoms with Crippen molar-refractivity contribution >= 4 is 5.71 Å². The zero-order chi connectivity index (χ0) is 11.0. The Labute approximate surface area is 95.9 Å². The molecule has 0 heterocycles. The predicted molar refractivity (Wildman–Crippen MR) is 63.2 cm³/mol. The molecule has 0 unspecified atom stereocenters. The van der Waals surface area contributed by atoms with Crippen molar-refractivity contribution in [1.82, 2.24) is 0 Å². The van der Waals surface area contributed by atoms with Gasteiger partial charge in [0.1, 0.15) is 0 Å². The van der Waals surface area contributed by atoms with Gasteiger partial charge in [-0.2, -0.15) is 4.79 Å². The van der Waals surface area contributed by atoms with Crippen molar-refractivity contribution in [3.63, 3.8) is 0 Å². The molecule has 2 saturated carbocycles. The highest BCUT2D eigenvalue weighted by atomic mass is 14.9. The lowest BCUT2D eigenvalue weighted by Gasteiger charge is -2.21. The number of hydrogen-bond donors (Lipinski definition) is 0. The van der Waals surface area contributed by atoms with Gasteiger partial charge >= 0.3 is 0 Å². The van der Waals surface area contributed by atoms with E-state index in [4.69, 9.17) is 5.53 Å². The highest BCUT2D eigenvalue weighted by Crippen LogP contribution is 2.53. The molecule has 0 radical (unpaired) electrons. The third kappa shape index (κ3) is 1.42. The van der Waals surface area contributed by atoms with E-state index in [1.54, 1.807) is 0 Å². The number of benzene rings is 1. The second-order valence-corrected chi connectivity index (χ2v) is 5.30. The van der Waals surface area contributed by atoms with Gasteiger partial charge in [0.2, 0.25) is 0 Å². The number of hydrogen-bond acceptors (Lipinski definition) is 0. The minimum Gasteiger partial charge on any atom is -0.362 e. The second-order valence-electron chi connectivity index (χ2n) is 5.30. The molecule has 82 valence electrons. The zero-order valence-corrected chi connectivity index (χ0v) is 9.39. The SMILES string of the molecule is [N-]=[N+]=C1C[C@H]2CC[C@@]1(Cc1ccccc1)C2. The molecular weight excluding hydrogens is 196 g/mol. The molecule has 0 aromatic heterocycles. The summed E-state index contributed by atoms with van der Waals surface area (Å²) in [5.41, 5.74) is 11.7. The summed E-state index contributed by atoms with van der Waals surface area (Å²) >= 11 is 0. The van der Waals surface area contributed by atoms with Crippen LogP contribution in [0.15, 0.2) is 30.3 Å². The van der Waals surface area contributed by atoms with E-state index in [0.29, 0.717) is 0 Å². The Morgan fingerprint density at radius 1 is 1.31 bits per heavy atom. The molecule has 2 fully saturated rings. The predicted octanol–water partition coefficient (Wildman–Crippen LogP) is 3.09. The molecular formula is C14H16N2. The first kappa shape index (κ1) is 9.80. The van der Waals surface area contributed by atoms with Crippen LogP contribution in [0, 0.1) is 11.3 Å². The number of nitrogens with zero attached hydrogens (tertiary/aromatic N) is 2. The number of fused-ring (bicyclic) bond motifs is 2. The Bertz CT molecular complexity index is 445. The largest absolute Gasteiger partial charge is 0.362 e. The molecule has 2 atom stereocenters. The zero-order valence-electron chi connectivity index (χ0n) is 9.39. The van der Waals surface area contributed by atoms with E-state index in [1.165, 1.54) is 24.8 Å². The van der Waals surface area contributed by atoms with Gasteiger partial charge in [-0.1, -0.05) is 30.3 Å². The van der Waals surface area contributed by atoms with E-state index in [1.807, 2.05) is 6.07 Å². The standard InChI is InChI=1S/C14H16N2/c15-16-13-8-12-6-7-14(13,10-12)9-11-4-2-1-3-5-11/h1-5,12H,6-10H2/t12-,14-/m1/s1. The van der Waals surface area contributed by atoms with Gasteiger partial charge in [-0.25, -0.2) is 0 Å². The van der Waals surface area contributed by atoms with Crippen molar-refractivity contribution in [3.8, 4) is 0 Å². The molecule has 0 amide bonds. The minimum absolute atomic E-state index is 0.181. The maximum atomic E-state index is 9.12. The third-order valence-electron chi connectivity index (χ3n) is 4.31. The molecule has 1 aromatic rings. The van der Waals surface area contributed by atoms with Crippen LogP contribution in [-0.4, -0.2) is 10.5 Å². The van der Waals surface area contributed by atoms with Crippen molar-refractivity contribution in [3.05, 3.63) is 41.4 Å². The van der Waals surface area contributed by atoms with Crippen molar-refractivity contribution in [1.29, 1.82) is 0 Å². The van der Waals surface area contributed by atoms with Gasteiger partial charge in [-0.3, -0.25) is 0 Å². The van der Waals surface area contributed by atoms with E-state index < -0.39 is 0 Å². The lowest BCUT2D eigenvalue weighted by molar-refractivity contribution is -0.0219. The Morgan fingerprint density at radius 3 is 2.81 bits per heavy atom. The summed E-state index contributed by atoms with van der Waals surface area (Å²) in [6, 6.07) is 10.6. The quantitative estimate of drug-likeness (QED) is 0.533. The van der Waals surface area contributed by atoms with Gasteiger partial charge in [-0.15, -0.1) is 0 Å². The minimum atomic E-state index is 0.181. The van der Waals surface area contributed by atoms with Gasteiger partial charge in [0, 0.05) is 6.42 Å². The first-order valence-electron chi connectivity index (χ1n) is 6.08. The Balaban J connectivity index is 1.91. The molecule has 1 aromatic carbocycles. The monoisotopic (exact) mass is 212 g/mol. The van der Waals surface area contributed by atoms with Crippen molar-refractivity contribution < 1.29 is 4.79 Å². The van der Waals surface area contributed by atoms with Crippen LogP contribution in [0.25, 0.3) is 5.53 Å². The molecule has 0 N–H and O–H groups in total. The molecule has 0 spiro atoms. The molecule has 2 aliphatic carbocycles. The number of rotatable bonds is 2. The van der Waals surface area contributed by atoms with Gasteiger partial charge in [0.25, 0.3) is 5.71 Å². The molecule has 2 bridgehead atoms. The highest BCUT2D eigenvalue weighted by molar-refractivity contribution is 5.89. The van der Waals surface area contributed by atoms with Crippen LogP contribution < -0.4 is 0 Å². The van der Waals surface area contributed by atoms with Crippen LogP contribution in [0.5, 0.6) is 0 Å². The van der Waals surface area contributed by atoms with Crippen LogP contribution in [0.3, 0.4) is 0 Å². The smallest absolute Gasteiger partial charge is 0.275 e. The first-order chi connectivity index (χ1) is 7.82. The van der Waals surface area contributed by atoms with Crippen LogP contribution in [0.2, 0.25) is 0 Å².